The number of carbonyl (C=O) groups is 1. The normalized spacial score (nSPS) is 10.6. The summed E-state index contributed by atoms with van der Waals surface area (Å²) < 4.78 is 11.8. The molecule has 0 bridgehead atoms. The average molecular weight is 272 g/mol. The van der Waals surface area contributed by atoms with Gasteiger partial charge in [0.05, 0.1) is 13.7 Å². The molecule has 20 heavy (non-hydrogen) atoms. The first-order valence-corrected chi connectivity index (χ1v) is 6.32. The van der Waals surface area contributed by atoms with Crippen LogP contribution in [0.3, 0.4) is 0 Å². The Morgan fingerprint density at radius 1 is 1.50 bits per heavy atom. The fourth-order valence-corrected chi connectivity index (χ4v) is 1.91. The smallest absolute Gasteiger partial charge is 0.373 e. The third kappa shape index (κ3) is 2.75. The Kier molecular flexibility index (Phi) is 3.94. The van der Waals surface area contributed by atoms with E-state index in [-0.39, 0.29) is 5.76 Å². The molecule has 2 aromatic heterocycles. The van der Waals surface area contributed by atoms with Crippen molar-refractivity contribution in [3.63, 3.8) is 0 Å². The van der Waals surface area contributed by atoms with Crippen LogP contribution in [0.15, 0.2) is 28.8 Å². The van der Waals surface area contributed by atoms with E-state index in [0.717, 1.165) is 5.56 Å². The maximum Gasteiger partial charge on any atom is 0.373 e. The molecular formula is C15H16N2O3. The van der Waals surface area contributed by atoms with Crippen LogP contribution in [0, 0.1) is 11.3 Å². The predicted octanol–water partition coefficient (Wildman–Crippen LogP) is 2.91. The lowest BCUT2D eigenvalue weighted by Crippen LogP contribution is -2.01. The summed E-state index contributed by atoms with van der Waals surface area (Å²) in [6.45, 7) is 4.55. The average Bonchev–Trinajstić information content (AvgIpc) is 3.05. The van der Waals surface area contributed by atoms with Crippen molar-refractivity contribution >= 4 is 5.97 Å². The Morgan fingerprint density at radius 2 is 2.25 bits per heavy atom. The van der Waals surface area contributed by atoms with E-state index in [0.29, 0.717) is 23.9 Å². The number of rotatable bonds is 4. The van der Waals surface area contributed by atoms with Crippen LogP contribution in [-0.4, -0.2) is 17.6 Å². The Hall–Kier alpha value is -2.48. The molecule has 0 aliphatic heterocycles. The molecule has 2 aromatic rings. The van der Waals surface area contributed by atoms with E-state index in [4.69, 9.17) is 9.68 Å². The number of ether oxygens (including phenoxy) is 1. The van der Waals surface area contributed by atoms with Gasteiger partial charge in [0, 0.05) is 6.20 Å². The molecule has 0 saturated carbocycles. The van der Waals surface area contributed by atoms with Gasteiger partial charge in [-0.1, -0.05) is 13.8 Å². The summed E-state index contributed by atoms with van der Waals surface area (Å²) in [6.07, 6.45) is 1.93. The Bertz CT molecular complexity index is 659. The molecular weight excluding hydrogens is 256 g/mol. The van der Waals surface area contributed by atoms with Gasteiger partial charge in [0.15, 0.2) is 0 Å². The van der Waals surface area contributed by atoms with E-state index in [1.807, 2.05) is 16.8 Å². The van der Waals surface area contributed by atoms with E-state index >= 15 is 0 Å². The van der Waals surface area contributed by atoms with Crippen LogP contribution in [0.2, 0.25) is 0 Å². The van der Waals surface area contributed by atoms with Crippen LogP contribution >= 0.6 is 0 Å². The quantitative estimate of drug-likeness (QED) is 0.802. The maximum atomic E-state index is 11.3. The van der Waals surface area contributed by atoms with E-state index < -0.39 is 5.97 Å². The topological polar surface area (TPSA) is 68.2 Å². The van der Waals surface area contributed by atoms with Gasteiger partial charge < -0.3 is 13.7 Å². The molecule has 104 valence electrons. The molecule has 0 N–H and O–H groups in total. The standard InChI is InChI=1S/C15H16N2O3/c1-10(2)11-6-12(7-16)17(8-11)9-13-4-5-14(20-13)15(18)19-3/h4-6,8,10H,9H2,1-3H3. The summed E-state index contributed by atoms with van der Waals surface area (Å²) in [5.74, 6) is 0.614. The minimum Gasteiger partial charge on any atom is -0.463 e. The second-order valence-electron chi connectivity index (χ2n) is 4.81. The van der Waals surface area contributed by atoms with Crippen molar-refractivity contribution < 1.29 is 13.9 Å². The highest BCUT2D eigenvalue weighted by molar-refractivity contribution is 5.86. The Morgan fingerprint density at radius 3 is 2.85 bits per heavy atom. The lowest BCUT2D eigenvalue weighted by atomic mass is 10.1. The van der Waals surface area contributed by atoms with Crippen molar-refractivity contribution in [2.24, 2.45) is 0 Å². The van der Waals surface area contributed by atoms with Crippen molar-refractivity contribution in [1.29, 1.82) is 5.26 Å². The van der Waals surface area contributed by atoms with Gasteiger partial charge in [0.2, 0.25) is 5.76 Å². The van der Waals surface area contributed by atoms with Crippen molar-refractivity contribution in [3.8, 4) is 6.07 Å². The molecule has 2 rings (SSSR count). The first-order valence-electron chi connectivity index (χ1n) is 6.32. The third-order valence-electron chi connectivity index (χ3n) is 3.07. The van der Waals surface area contributed by atoms with Gasteiger partial charge in [-0.2, -0.15) is 5.26 Å². The molecule has 2 heterocycles. The van der Waals surface area contributed by atoms with E-state index in [1.54, 1.807) is 12.1 Å². The fourth-order valence-electron chi connectivity index (χ4n) is 1.91. The molecule has 5 nitrogen and oxygen atoms in total. The van der Waals surface area contributed by atoms with Crippen molar-refractivity contribution in [1.82, 2.24) is 4.57 Å². The molecule has 0 unspecified atom stereocenters. The number of hydrogen-bond acceptors (Lipinski definition) is 4. The van der Waals surface area contributed by atoms with Gasteiger partial charge in [0.25, 0.3) is 0 Å². The summed E-state index contributed by atoms with van der Waals surface area (Å²) in [5, 5.41) is 9.15. The first kappa shape index (κ1) is 13.9. The highest BCUT2D eigenvalue weighted by Gasteiger charge is 2.13. The summed E-state index contributed by atoms with van der Waals surface area (Å²) in [4.78, 5) is 11.3. The van der Waals surface area contributed by atoms with Crippen LogP contribution in [0.5, 0.6) is 0 Å². The van der Waals surface area contributed by atoms with Crippen molar-refractivity contribution in [3.05, 3.63) is 47.2 Å². The molecule has 0 atom stereocenters. The molecule has 0 aromatic carbocycles. The molecule has 0 amide bonds. The zero-order valence-electron chi connectivity index (χ0n) is 11.7. The zero-order valence-corrected chi connectivity index (χ0v) is 11.7. The number of hydrogen-bond donors (Lipinski definition) is 0. The SMILES string of the molecule is COC(=O)c1ccc(Cn2cc(C(C)C)cc2C#N)o1. The minimum atomic E-state index is -0.507. The second kappa shape index (κ2) is 5.66. The highest BCUT2D eigenvalue weighted by Crippen LogP contribution is 2.19. The van der Waals surface area contributed by atoms with Crippen LogP contribution in [-0.2, 0) is 11.3 Å². The van der Waals surface area contributed by atoms with Gasteiger partial charge in [-0.3, -0.25) is 0 Å². The van der Waals surface area contributed by atoms with Crippen LogP contribution in [0.1, 0.15) is 47.3 Å². The summed E-state index contributed by atoms with van der Waals surface area (Å²) in [7, 11) is 1.30. The summed E-state index contributed by atoms with van der Waals surface area (Å²) >= 11 is 0. The van der Waals surface area contributed by atoms with Gasteiger partial charge in [-0.25, -0.2) is 4.79 Å². The van der Waals surface area contributed by atoms with Gasteiger partial charge in [0.1, 0.15) is 17.5 Å². The van der Waals surface area contributed by atoms with Crippen LogP contribution < -0.4 is 0 Å². The molecule has 0 aliphatic carbocycles. The number of nitrogens with zero attached hydrogens (tertiary/aromatic N) is 2. The van der Waals surface area contributed by atoms with Crippen LogP contribution in [0.4, 0.5) is 0 Å². The number of esters is 1. The molecule has 5 heteroatoms. The molecule has 0 radical (unpaired) electrons. The zero-order chi connectivity index (χ0) is 14.7. The monoisotopic (exact) mass is 272 g/mol. The van der Waals surface area contributed by atoms with E-state index in [1.165, 1.54) is 7.11 Å². The predicted molar refractivity (Wildman–Crippen MR) is 72.4 cm³/mol. The number of carbonyl (C=O) groups excluding carboxylic acids is 1. The van der Waals surface area contributed by atoms with Gasteiger partial charge >= 0.3 is 5.97 Å². The number of nitriles is 1. The van der Waals surface area contributed by atoms with E-state index in [2.05, 4.69) is 24.7 Å². The second-order valence-corrected chi connectivity index (χ2v) is 4.81. The largest absolute Gasteiger partial charge is 0.463 e. The summed E-state index contributed by atoms with van der Waals surface area (Å²) in [6, 6.07) is 7.31. The van der Waals surface area contributed by atoms with E-state index in [9.17, 15) is 4.79 Å². The Labute approximate surface area is 117 Å². The first-order chi connectivity index (χ1) is 9.55. The molecule has 0 aliphatic rings. The van der Waals surface area contributed by atoms with Crippen molar-refractivity contribution in [2.75, 3.05) is 7.11 Å². The third-order valence-corrected chi connectivity index (χ3v) is 3.07. The van der Waals surface area contributed by atoms with Crippen LogP contribution in [0.25, 0.3) is 0 Å². The minimum absolute atomic E-state index is 0.164. The lowest BCUT2D eigenvalue weighted by molar-refractivity contribution is 0.0563. The lowest BCUT2D eigenvalue weighted by Gasteiger charge is -2.02. The molecule has 0 fully saturated rings. The molecule has 0 saturated heterocycles. The maximum absolute atomic E-state index is 11.3. The number of furan rings is 1. The van der Waals surface area contributed by atoms with Gasteiger partial charge in [-0.05, 0) is 29.7 Å². The number of methoxy groups -OCH3 is 1. The molecule has 0 spiro atoms. The highest BCUT2D eigenvalue weighted by atomic mass is 16.5. The Balaban J connectivity index is 2.24. The van der Waals surface area contributed by atoms with Gasteiger partial charge in [-0.15, -0.1) is 0 Å². The van der Waals surface area contributed by atoms with Crippen molar-refractivity contribution in [2.45, 2.75) is 26.3 Å². The summed E-state index contributed by atoms with van der Waals surface area (Å²) in [5.41, 5.74) is 1.67. The fraction of sp³-hybridized carbons (Fsp3) is 0.333. The number of aromatic nitrogens is 1.